The Balaban J connectivity index is 2.36. The fourth-order valence-electron chi connectivity index (χ4n) is 2.83. The Kier molecular flexibility index (Phi) is 4.68. The molecule has 0 aromatic heterocycles. The van der Waals surface area contributed by atoms with Crippen LogP contribution in [0.1, 0.15) is 0 Å². The van der Waals surface area contributed by atoms with E-state index in [1.54, 1.807) is 60.7 Å². The predicted molar refractivity (Wildman–Crippen MR) is 100 cm³/mol. The molecule has 0 amide bonds. The van der Waals surface area contributed by atoms with Crippen molar-refractivity contribution in [2.75, 3.05) is 0 Å². The summed E-state index contributed by atoms with van der Waals surface area (Å²) in [6, 6.07) is 19.5. The van der Waals surface area contributed by atoms with E-state index in [0.29, 0.717) is 22.3 Å². The van der Waals surface area contributed by atoms with Crippen LogP contribution < -0.4 is 10.3 Å². The van der Waals surface area contributed by atoms with Crippen molar-refractivity contribution in [3.8, 4) is 22.3 Å². The summed E-state index contributed by atoms with van der Waals surface area (Å²) in [6.45, 7) is 0. The molecule has 3 rings (SSSR count). The van der Waals surface area contributed by atoms with Crippen molar-refractivity contribution in [1.29, 1.82) is 0 Å². The molecule has 0 aliphatic rings. The Morgan fingerprint density at radius 1 is 0.462 bits per heavy atom. The van der Waals surface area contributed by atoms with Gasteiger partial charge in [0.2, 0.25) is 20.0 Å². The van der Waals surface area contributed by atoms with Gasteiger partial charge in [-0.25, -0.2) is 27.1 Å². The second-order valence-electron chi connectivity index (χ2n) is 5.63. The normalized spacial score (nSPS) is 12.1. The summed E-state index contributed by atoms with van der Waals surface area (Å²) in [5.74, 6) is 0. The standard InChI is InChI=1S/C18H16N2O4S2/c19-25(21,22)17-11-5-3-9-15(17)13-7-1-2-8-14(13)16-10-4-6-12-18(16)26(20,23)24/h1-12H,(H2,19,21,22)(H2,20,23,24). The number of benzene rings is 3. The van der Waals surface area contributed by atoms with Gasteiger partial charge in [-0.05, 0) is 23.3 Å². The van der Waals surface area contributed by atoms with Crippen molar-refractivity contribution in [2.45, 2.75) is 9.79 Å². The zero-order chi connectivity index (χ0) is 18.9. The van der Waals surface area contributed by atoms with E-state index in [1.807, 2.05) is 0 Å². The molecule has 0 heterocycles. The maximum atomic E-state index is 12.0. The van der Waals surface area contributed by atoms with Crippen molar-refractivity contribution >= 4 is 20.0 Å². The lowest BCUT2D eigenvalue weighted by molar-refractivity contribution is 0.596. The molecule has 6 nitrogen and oxygen atoms in total. The van der Waals surface area contributed by atoms with E-state index in [0.717, 1.165) is 0 Å². The van der Waals surface area contributed by atoms with Crippen LogP contribution in [-0.4, -0.2) is 16.8 Å². The van der Waals surface area contributed by atoms with Crippen molar-refractivity contribution < 1.29 is 16.8 Å². The maximum Gasteiger partial charge on any atom is 0.238 e. The lowest BCUT2D eigenvalue weighted by Crippen LogP contribution is -2.14. The molecule has 0 saturated carbocycles. The summed E-state index contributed by atoms with van der Waals surface area (Å²) in [4.78, 5) is -0.0823. The van der Waals surface area contributed by atoms with Crippen LogP contribution >= 0.6 is 0 Å². The Bertz CT molecular complexity index is 1090. The van der Waals surface area contributed by atoms with Gasteiger partial charge in [-0.15, -0.1) is 0 Å². The van der Waals surface area contributed by atoms with E-state index in [9.17, 15) is 16.8 Å². The molecule has 0 atom stereocenters. The first kappa shape index (κ1) is 18.3. The van der Waals surface area contributed by atoms with Gasteiger partial charge in [0.05, 0.1) is 9.79 Å². The van der Waals surface area contributed by atoms with Gasteiger partial charge < -0.3 is 0 Å². The van der Waals surface area contributed by atoms with Crippen LogP contribution in [0.3, 0.4) is 0 Å². The van der Waals surface area contributed by atoms with Gasteiger partial charge in [-0.2, -0.15) is 0 Å². The number of hydrogen-bond donors (Lipinski definition) is 2. The van der Waals surface area contributed by atoms with Gasteiger partial charge in [0, 0.05) is 11.1 Å². The Morgan fingerprint density at radius 3 is 1.04 bits per heavy atom. The first-order chi connectivity index (χ1) is 12.2. The molecule has 3 aromatic carbocycles. The highest BCUT2D eigenvalue weighted by atomic mass is 32.2. The molecular formula is C18H16N2O4S2. The number of sulfonamides is 2. The smallest absolute Gasteiger partial charge is 0.225 e. The van der Waals surface area contributed by atoms with Crippen molar-refractivity contribution in [3.05, 3.63) is 72.8 Å². The third-order valence-corrected chi connectivity index (χ3v) is 5.83. The number of primary sulfonamides is 2. The number of rotatable bonds is 4. The highest BCUT2D eigenvalue weighted by Gasteiger charge is 2.20. The molecule has 3 aromatic rings. The quantitative estimate of drug-likeness (QED) is 0.712. The van der Waals surface area contributed by atoms with Crippen molar-refractivity contribution in [1.82, 2.24) is 0 Å². The van der Waals surface area contributed by atoms with Crippen LogP contribution in [0.15, 0.2) is 82.6 Å². The summed E-state index contributed by atoms with van der Waals surface area (Å²) in [6.07, 6.45) is 0. The molecule has 0 aliphatic carbocycles. The highest BCUT2D eigenvalue weighted by molar-refractivity contribution is 7.89. The first-order valence-electron chi connectivity index (χ1n) is 7.53. The topological polar surface area (TPSA) is 120 Å². The largest absolute Gasteiger partial charge is 0.238 e. The molecule has 8 heteroatoms. The minimum atomic E-state index is -3.96. The SMILES string of the molecule is NS(=O)(=O)c1ccccc1-c1ccccc1-c1ccccc1S(N)(=O)=O. The van der Waals surface area contributed by atoms with Gasteiger partial charge in [-0.1, -0.05) is 60.7 Å². The predicted octanol–water partition coefficient (Wildman–Crippen LogP) is 2.32. The number of nitrogens with two attached hydrogens (primary N) is 2. The summed E-state index contributed by atoms with van der Waals surface area (Å²) in [5.41, 5.74) is 1.84. The Morgan fingerprint density at radius 2 is 0.731 bits per heavy atom. The zero-order valence-corrected chi connectivity index (χ0v) is 15.2. The Labute approximate surface area is 152 Å². The molecule has 0 radical (unpaired) electrons. The minimum absolute atomic E-state index is 0.0412. The molecule has 0 bridgehead atoms. The number of hydrogen-bond acceptors (Lipinski definition) is 4. The fourth-order valence-corrected chi connectivity index (χ4v) is 4.33. The van der Waals surface area contributed by atoms with E-state index in [2.05, 4.69) is 0 Å². The second kappa shape index (κ2) is 6.65. The highest BCUT2D eigenvalue weighted by Crippen LogP contribution is 2.37. The van der Waals surface area contributed by atoms with E-state index in [-0.39, 0.29) is 9.79 Å². The third kappa shape index (κ3) is 3.54. The molecule has 4 N–H and O–H groups in total. The Hall–Kier alpha value is -2.52. The van der Waals surface area contributed by atoms with Gasteiger partial charge >= 0.3 is 0 Å². The average Bonchev–Trinajstić information content (AvgIpc) is 2.60. The van der Waals surface area contributed by atoms with Crippen LogP contribution in [0.25, 0.3) is 22.3 Å². The second-order valence-corrected chi connectivity index (χ2v) is 8.69. The summed E-state index contributed by atoms with van der Waals surface area (Å²) >= 11 is 0. The summed E-state index contributed by atoms with van der Waals surface area (Å²) < 4.78 is 47.9. The molecule has 0 spiro atoms. The molecular weight excluding hydrogens is 372 g/mol. The van der Waals surface area contributed by atoms with Crippen molar-refractivity contribution in [3.63, 3.8) is 0 Å². The molecule has 0 aliphatic heterocycles. The van der Waals surface area contributed by atoms with Gasteiger partial charge in [0.15, 0.2) is 0 Å². The molecule has 0 unspecified atom stereocenters. The lowest BCUT2D eigenvalue weighted by atomic mass is 9.94. The van der Waals surface area contributed by atoms with Crippen LogP contribution in [0, 0.1) is 0 Å². The molecule has 134 valence electrons. The molecule has 26 heavy (non-hydrogen) atoms. The van der Waals surface area contributed by atoms with Crippen molar-refractivity contribution in [2.24, 2.45) is 10.3 Å². The van der Waals surface area contributed by atoms with Crippen LogP contribution in [0.5, 0.6) is 0 Å². The van der Waals surface area contributed by atoms with Crippen LogP contribution in [0.2, 0.25) is 0 Å². The summed E-state index contributed by atoms with van der Waals surface area (Å²) in [5, 5.41) is 10.7. The summed E-state index contributed by atoms with van der Waals surface area (Å²) in [7, 11) is -7.92. The minimum Gasteiger partial charge on any atom is -0.225 e. The van der Waals surface area contributed by atoms with Crippen LogP contribution in [0.4, 0.5) is 0 Å². The monoisotopic (exact) mass is 388 g/mol. The van der Waals surface area contributed by atoms with E-state index in [4.69, 9.17) is 10.3 Å². The fraction of sp³-hybridized carbons (Fsp3) is 0. The first-order valence-corrected chi connectivity index (χ1v) is 10.6. The van der Waals surface area contributed by atoms with Gasteiger partial charge in [0.1, 0.15) is 0 Å². The maximum absolute atomic E-state index is 12.0. The zero-order valence-electron chi connectivity index (χ0n) is 13.5. The van der Waals surface area contributed by atoms with Crippen LogP contribution in [-0.2, 0) is 20.0 Å². The van der Waals surface area contributed by atoms with E-state index in [1.165, 1.54) is 12.1 Å². The van der Waals surface area contributed by atoms with Gasteiger partial charge in [-0.3, -0.25) is 0 Å². The van der Waals surface area contributed by atoms with E-state index >= 15 is 0 Å². The average molecular weight is 388 g/mol. The van der Waals surface area contributed by atoms with E-state index < -0.39 is 20.0 Å². The molecule has 0 saturated heterocycles. The van der Waals surface area contributed by atoms with Gasteiger partial charge in [0.25, 0.3) is 0 Å². The molecule has 0 fully saturated rings. The lowest BCUT2D eigenvalue weighted by Gasteiger charge is -2.15. The third-order valence-electron chi connectivity index (χ3n) is 3.89.